The maximum atomic E-state index is 11.3. The van der Waals surface area contributed by atoms with Crippen molar-refractivity contribution in [2.45, 2.75) is 4.90 Å². The largest absolute Gasteiger partial charge is 0.478 e. The molecule has 0 aliphatic rings. The number of benzene rings is 2. The molecule has 0 aliphatic heterocycles. The van der Waals surface area contributed by atoms with Crippen LogP contribution in [0.4, 0.5) is 0 Å². The Bertz CT molecular complexity index is 787. The molecular formula is C13H10INO5S. The fourth-order valence-corrected chi connectivity index (χ4v) is 2.47. The molecule has 0 saturated heterocycles. The normalized spacial score (nSPS) is 11.1. The summed E-state index contributed by atoms with van der Waals surface area (Å²) in [5, 5.41) is 14.1. The maximum absolute atomic E-state index is 11.3. The van der Waals surface area contributed by atoms with Crippen LogP contribution in [-0.4, -0.2) is 19.5 Å². The highest BCUT2D eigenvalue weighted by Gasteiger charge is 2.17. The van der Waals surface area contributed by atoms with Gasteiger partial charge in [-0.3, -0.25) is 0 Å². The van der Waals surface area contributed by atoms with E-state index in [1.807, 2.05) is 0 Å². The second-order valence-corrected chi connectivity index (χ2v) is 6.87. The molecule has 6 nitrogen and oxygen atoms in total. The molecule has 0 unspecified atom stereocenters. The third-order valence-electron chi connectivity index (χ3n) is 2.55. The van der Waals surface area contributed by atoms with Crippen LogP contribution in [-0.2, 0) is 10.0 Å². The van der Waals surface area contributed by atoms with Crippen LogP contribution in [0.5, 0.6) is 11.5 Å². The average molecular weight is 419 g/mol. The molecule has 0 saturated carbocycles. The van der Waals surface area contributed by atoms with E-state index in [0.717, 1.165) is 9.64 Å². The molecule has 0 spiro atoms. The van der Waals surface area contributed by atoms with E-state index in [0.29, 0.717) is 5.75 Å². The van der Waals surface area contributed by atoms with Crippen molar-refractivity contribution < 1.29 is 23.1 Å². The third-order valence-corrected chi connectivity index (χ3v) is 4.18. The SMILES string of the molecule is NS(=O)(=O)c1ccc(Oc2ccc(I)cc2)c(C(=O)O)c1. The zero-order valence-corrected chi connectivity index (χ0v) is 13.5. The first-order valence-electron chi connectivity index (χ1n) is 5.61. The van der Waals surface area contributed by atoms with Crippen molar-refractivity contribution in [2.75, 3.05) is 0 Å². The van der Waals surface area contributed by atoms with Gasteiger partial charge in [0, 0.05) is 3.57 Å². The monoisotopic (exact) mass is 419 g/mol. The Kier molecular flexibility index (Phi) is 4.49. The second kappa shape index (κ2) is 6.00. The summed E-state index contributed by atoms with van der Waals surface area (Å²) in [5.41, 5.74) is -0.278. The molecule has 0 amide bonds. The number of aromatic carboxylic acids is 1. The Morgan fingerprint density at radius 1 is 1.14 bits per heavy atom. The summed E-state index contributed by atoms with van der Waals surface area (Å²) in [6.07, 6.45) is 0. The first-order valence-corrected chi connectivity index (χ1v) is 8.23. The zero-order valence-electron chi connectivity index (χ0n) is 10.5. The molecule has 0 bridgehead atoms. The Morgan fingerprint density at radius 2 is 1.76 bits per heavy atom. The van der Waals surface area contributed by atoms with Gasteiger partial charge in [0.15, 0.2) is 0 Å². The van der Waals surface area contributed by atoms with Gasteiger partial charge in [-0.05, 0) is 65.1 Å². The molecule has 2 aromatic rings. The molecule has 0 radical (unpaired) electrons. The molecule has 21 heavy (non-hydrogen) atoms. The molecule has 0 fully saturated rings. The fraction of sp³-hybridized carbons (Fsp3) is 0. The lowest BCUT2D eigenvalue weighted by Crippen LogP contribution is -2.13. The Balaban J connectivity index is 2.44. The summed E-state index contributed by atoms with van der Waals surface area (Å²) in [4.78, 5) is 10.9. The summed E-state index contributed by atoms with van der Waals surface area (Å²) >= 11 is 2.13. The Hall–Kier alpha value is -1.65. The molecular weight excluding hydrogens is 409 g/mol. The van der Waals surface area contributed by atoms with Crippen LogP contribution in [0.3, 0.4) is 0 Å². The van der Waals surface area contributed by atoms with Gasteiger partial charge in [-0.2, -0.15) is 0 Å². The van der Waals surface area contributed by atoms with Crippen molar-refractivity contribution in [1.29, 1.82) is 0 Å². The quantitative estimate of drug-likeness (QED) is 0.741. The number of halogens is 1. The first kappa shape index (κ1) is 15.7. The minimum atomic E-state index is -3.97. The molecule has 0 atom stereocenters. The van der Waals surface area contributed by atoms with Gasteiger partial charge >= 0.3 is 5.97 Å². The fourth-order valence-electron chi connectivity index (χ4n) is 1.57. The van der Waals surface area contributed by atoms with E-state index in [1.165, 1.54) is 12.1 Å². The number of ether oxygens (including phenoxy) is 1. The van der Waals surface area contributed by atoms with Gasteiger partial charge in [0.25, 0.3) is 0 Å². The smallest absolute Gasteiger partial charge is 0.339 e. The van der Waals surface area contributed by atoms with Crippen molar-refractivity contribution in [2.24, 2.45) is 5.14 Å². The summed E-state index contributed by atoms with van der Waals surface area (Å²) in [5.74, 6) is -0.821. The number of sulfonamides is 1. The number of hydrogen-bond acceptors (Lipinski definition) is 4. The first-order chi connectivity index (χ1) is 9.77. The van der Waals surface area contributed by atoms with Crippen molar-refractivity contribution in [1.82, 2.24) is 0 Å². The van der Waals surface area contributed by atoms with Crippen LogP contribution in [0.25, 0.3) is 0 Å². The molecule has 0 aliphatic carbocycles. The summed E-state index contributed by atoms with van der Waals surface area (Å²) in [7, 11) is -3.97. The number of carboxylic acid groups (broad SMARTS) is 1. The van der Waals surface area contributed by atoms with E-state index in [2.05, 4.69) is 22.6 Å². The molecule has 2 aromatic carbocycles. The van der Waals surface area contributed by atoms with Gasteiger partial charge in [-0.25, -0.2) is 18.4 Å². The van der Waals surface area contributed by atoms with Crippen LogP contribution in [0.1, 0.15) is 10.4 Å². The van der Waals surface area contributed by atoms with E-state index in [4.69, 9.17) is 15.0 Å². The number of rotatable bonds is 4. The minimum absolute atomic E-state index is 0.0381. The van der Waals surface area contributed by atoms with Crippen molar-refractivity contribution >= 4 is 38.6 Å². The Labute approximate surface area is 134 Å². The number of hydrogen-bond donors (Lipinski definition) is 2. The van der Waals surface area contributed by atoms with Gasteiger partial charge in [0.05, 0.1) is 4.90 Å². The Morgan fingerprint density at radius 3 is 2.29 bits per heavy atom. The summed E-state index contributed by atoms with van der Waals surface area (Å²) in [6.45, 7) is 0. The van der Waals surface area contributed by atoms with Gasteiger partial charge < -0.3 is 9.84 Å². The molecule has 0 aromatic heterocycles. The lowest BCUT2D eigenvalue weighted by Gasteiger charge is -2.10. The van der Waals surface area contributed by atoms with E-state index >= 15 is 0 Å². The number of carbonyl (C=O) groups is 1. The third kappa shape index (κ3) is 3.93. The van der Waals surface area contributed by atoms with Crippen LogP contribution in [0.2, 0.25) is 0 Å². The van der Waals surface area contributed by atoms with E-state index in [1.54, 1.807) is 24.3 Å². The number of nitrogens with two attached hydrogens (primary N) is 1. The van der Waals surface area contributed by atoms with Gasteiger partial charge in [0.1, 0.15) is 17.1 Å². The second-order valence-electron chi connectivity index (χ2n) is 4.06. The standard InChI is InChI=1S/C13H10INO5S/c14-8-1-3-9(4-2-8)20-12-6-5-10(21(15,18)19)7-11(12)13(16)17/h1-7H,(H,16,17)(H2,15,18,19). The lowest BCUT2D eigenvalue weighted by atomic mass is 10.2. The highest BCUT2D eigenvalue weighted by Crippen LogP contribution is 2.28. The molecule has 0 heterocycles. The predicted molar refractivity (Wildman–Crippen MR) is 84.0 cm³/mol. The van der Waals surface area contributed by atoms with Crippen molar-refractivity contribution in [3.05, 3.63) is 51.6 Å². The molecule has 110 valence electrons. The molecule has 8 heteroatoms. The highest BCUT2D eigenvalue weighted by molar-refractivity contribution is 14.1. The van der Waals surface area contributed by atoms with Crippen LogP contribution in [0.15, 0.2) is 47.4 Å². The van der Waals surface area contributed by atoms with Crippen molar-refractivity contribution in [3.63, 3.8) is 0 Å². The average Bonchev–Trinajstić information content (AvgIpc) is 2.40. The molecule has 3 N–H and O–H groups in total. The van der Waals surface area contributed by atoms with E-state index < -0.39 is 16.0 Å². The van der Waals surface area contributed by atoms with Crippen LogP contribution >= 0.6 is 22.6 Å². The topological polar surface area (TPSA) is 107 Å². The predicted octanol–water partition coefficient (Wildman–Crippen LogP) is 2.43. The minimum Gasteiger partial charge on any atom is -0.478 e. The number of carboxylic acids is 1. The summed E-state index contributed by atoms with van der Waals surface area (Å²) < 4.78 is 29.0. The van der Waals surface area contributed by atoms with Gasteiger partial charge in [-0.15, -0.1) is 0 Å². The van der Waals surface area contributed by atoms with E-state index in [9.17, 15) is 13.2 Å². The maximum Gasteiger partial charge on any atom is 0.339 e. The summed E-state index contributed by atoms with van der Waals surface area (Å²) in [6, 6.07) is 10.4. The number of primary sulfonamides is 1. The molecule has 2 rings (SSSR count). The zero-order chi connectivity index (χ0) is 15.6. The van der Waals surface area contributed by atoms with E-state index in [-0.39, 0.29) is 16.2 Å². The highest BCUT2D eigenvalue weighted by atomic mass is 127. The van der Waals surface area contributed by atoms with Gasteiger partial charge in [0.2, 0.25) is 10.0 Å². The lowest BCUT2D eigenvalue weighted by molar-refractivity contribution is 0.0694. The van der Waals surface area contributed by atoms with Crippen molar-refractivity contribution in [3.8, 4) is 11.5 Å². The van der Waals surface area contributed by atoms with Crippen LogP contribution < -0.4 is 9.88 Å². The van der Waals surface area contributed by atoms with Crippen LogP contribution in [0, 0.1) is 3.57 Å². The van der Waals surface area contributed by atoms with Gasteiger partial charge in [-0.1, -0.05) is 0 Å².